The molecular weight excluding hydrogens is 245 g/mol. The summed E-state index contributed by atoms with van der Waals surface area (Å²) in [7, 11) is 0. The van der Waals surface area contributed by atoms with Gasteiger partial charge >= 0.3 is 5.97 Å². The molecule has 19 heavy (non-hydrogen) atoms. The molecule has 1 saturated heterocycles. The summed E-state index contributed by atoms with van der Waals surface area (Å²) in [6.45, 7) is 5.42. The number of rotatable bonds is 4. The van der Waals surface area contributed by atoms with Crippen LogP contribution in [-0.4, -0.2) is 29.1 Å². The van der Waals surface area contributed by atoms with Crippen molar-refractivity contribution in [2.75, 3.05) is 13.1 Å². The van der Waals surface area contributed by atoms with Crippen LogP contribution in [0.1, 0.15) is 31.9 Å². The average molecular weight is 265 g/mol. The van der Waals surface area contributed by atoms with Gasteiger partial charge in [-0.15, -0.1) is 0 Å². The maximum absolute atomic E-state index is 13.0. The number of hydrogen-bond acceptors (Lipinski definition) is 2. The van der Waals surface area contributed by atoms with Crippen molar-refractivity contribution in [2.45, 2.75) is 26.3 Å². The van der Waals surface area contributed by atoms with Gasteiger partial charge in [-0.1, -0.05) is 26.0 Å². The number of carbonyl (C=O) groups is 1. The first-order chi connectivity index (χ1) is 9.02. The number of aliphatic carboxylic acids is 1. The van der Waals surface area contributed by atoms with Gasteiger partial charge in [-0.05, 0) is 30.0 Å². The van der Waals surface area contributed by atoms with Crippen LogP contribution in [0.25, 0.3) is 0 Å². The summed E-state index contributed by atoms with van der Waals surface area (Å²) in [6.07, 6.45) is 0.894. The molecule has 104 valence electrons. The Labute approximate surface area is 113 Å². The second-order valence-electron chi connectivity index (χ2n) is 5.35. The van der Waals surface area contributed by atoms with E-state index in [1.165, 1.54) is 12.1 Å². The Kier molecular flexibility index (Phi) is 4.20. The van der Waals surface area contributed by atoms with E-state index in [9.17, 15) is 14.3 Å². The Morgan fingerprint density at radius 2 is 2.05 bits per heavy atom. The molecule has 1 aliphatic heterocycles. The fourth-order valence-electron chi connectivity index (χ4n) is 2.97. The average Bonchev–Trinajstić information content (AvgIpc) is 2.75. The van der Waals surface area contributed by atoms with Crippen LogP contribution in [0, 0.1) is 17.7 Å². The number of carboxylic acid groups (broad SMARTS) is 1. The van der Waals surface area contributed by atoms with Crippen LogP contribution in [0.2, 0.25) is 0 Å². The van der Waals surface area contributed by atoms with E-state index in [-0.39, 0.29) is 23.7 Å². The fourth-order valence-corrected chi connectivity index (χ4v) is 2.97. The molecule has 4 heteroatoms. The molecule has 3 unspecified atom stereocenters. The number of likely N-dealkylation sites (tertiary alicyclic amines) is 1. The van der Waals surface area contributed by atoms with Crippen LogP contribution in [0.5, 0.6) is 0 Å². The smallest absolute Gasteiger partial charge is 0.308 e. The standard InChI is InChI=1S/C15H20FNO2/c1-3-14(11-4-6-12(16)7-5-11)17-8-10(2)13(9-17)15(18)19/h4-7,10,13-14H,3,8-9H2,1-2H3,(H,18,19). The highest BCUT2D eigenvalue weighted by molar-refractivity contribution is 5.71. The predicted molar refractivity (Wildman–Crippen MR) is 71.3 cm³/mol. The summed E-state index contributed by atoms with van der Waals surface area (Å²) < 4.78 is 13.0. The second-order valence-corrected chi connectivity index (χ2v) is 5.35. The summed E-state index contributed by atoms with van der Waals surface area (Å²) in [4.78, 5) is 13.4. The van der Waals surface area contributed by atoms with Crippen LogP contribution in [0.15, 0.2) is 24.3 Å². The number of hydrogen-bond donors (Lipinski definition) is 1. The molecule has 1 heterocycles. The molecule has 0 amide bonds. The lowest BCUT2D eigenvalue weighted by Gasteiger charge is -2.27. The van der Waals surface area contributed by atoms with Gasteiger partial charge < -0.3 is 5.11 Å². The van der Waals surface area contributed by atoms with E-state index in [0.29, 0.717) is 6.54 Å². The first-order valence-corrected chi connectivity index (χ1v) is 6.75. The third-order valence-electron chi connectivity index (χ3n) is 4.04. The summed E-state index contributed by atoms with van der Waals surface area (Å²) in [5.74, 6) is -1.10. The Bertz CT molecular complexity index is 446. The van der Waals surface area contributed by atoms with Gasteiger partial charge in [0.05, 0.1) is 5.92 Å². The highest BCUT2D eigenvalue weighted by Crippen LogP contribution is 2.33. The van der Waals surface area contributed by atoms with E-state index >= 15 is 0 Å². The van der Waals surface area contributed by atoms with Crippen molar-refractivity contribution in [3.05, 3.63) is 35.6 Å². The first kappa shape index (κ1) is 14.0. The molecular formula is C15H20FNO2. The summed E-state index contributed by atoms with van der Waals surface area (Å²) >= 11 is 0. The molecule has 0 saturated carbocycles. The molecule has 0 radical (unpaired) electrons. The largest absolute Gasteiger partial charge is 0.481 e. The monoisotopic (exact) mass is 265 g/mol. The van der Waals surface area contributed by atoms with Crippen LogP contribution in [0.4, 0.5) is 4.39 Å². The first-order valence-electron chi connectivity index (χ1n) is 6.75. The lowest BCUT2D eigenvalue weighted by molar-refractivity contribution is -0.142. The molecule has 3 nitrogen and oxygen atoms in total. The van der Waals surface area contributed by atoms with Crippen molar-refractivity contribution in [3.8, 4) is 0 Å². The number of carboxylic acids is 1. The van der Waals surface area contributed by atoms with Gasteiger partial charge in [-0.2, -0.15) is 0 Å². The fraction of sp³-hybridized carbons (Fsp3) is 0.533. The molecule has 3 atom stereocenters. The zero-order chi connectivity index (χ0) is 14.0. The normalized spacial score (nSPS) is 25.4. The highest BCUT2D eigenvalue weighted by Gasteiger charge is 2.37. The third kappa shape index (κ3) is 2.95. The van der Waals surface area contributed by atoms with Gasteiger partial charge in [0.25, 0.3) is 0 Å². The summed E-state index contributed by atoms with van der Waals surface area (Å²) in [6, 6.07) is 6.69. The van der Waals surface area contributed by atoms with E-state index in [0.717, 1.165) is 18.5 Å². The molecule has 1 fully saturated rings. The van der Waals surface area contributed by atoms with Crippen molar-refractivity contribution in [1.82, 2.24) is 4.90 Å². The van der Waals surface area contributed by atoms with Crippen molar-refractivity contribution in [2.24, 2.45) is 11.8 Å². The van der Waals surface area contributed by atoms with Crippen LogP contribution >= 0.6 is 0 Å². The van der Waals surface area contributed by atoms with Crippen molar-refractivity contribution >= 4 is 5.97 Å². The molecule has 1 aliphatic rings. The third-order valence-corrected chi connectivity index (χ3v) is 4.04. The highest BCUT2D eigenvalue weighted by atomic mass is 19.1. The number of benzene rings is 1. The number of nitrogens with zero attached hydrogens (tertiary/aromatic N) is 1. The van der Waals surface area contributed by atoms with Crippen molar-refractivity contribution < 1.29 is 14.3 Å². The van der Waals surface area contributed by atoms with Crippen LogP contribution in [0.3, 0.4) is 0 Å². The maximum atomic E-state index is 13.0. The van der Waals surface area contributed by atoms with Crippen LogP contribution < -0.4 is 0 Å². The zero-order valence-electron chi connectivity index (χ0n) is 11.3. The minimum absolute atomic E-state index is 0.159. The Morgan fingerprint density at radius 1 is 1.42 bits per heavy atom. The Balaban J connectivity index is 2.15. The predicted octanol–water partition coefficient (Wildman–Crippen LogP) is 2.93. The summed E-state index contributed by atoms with van der Waals surface area (Å²) in [5, 5.41) is 9.19. The summed E-state index contributed by atoms with van der Waals surface area (Å²) in [5.41, 5.74) is 1.06. The molecule has 2 rings (SSSR count). The van der Waals surface area contributed by atoms with E-state index in [4.69, 9.17) is 0 Å². The molecule has 0 aliphatic carbocycles. The van der Waals surface area contributed by atoms with E-state index in [1.54, 1.807) is 12.1 Å². The molecule has 1 N–H and O–H groups in total. The van der Waals surface area contributed by atoms with Gasteiger partial charge in [0, 0.05) is 19.1 Å². The molecule has 1 aromatic carbocycles. The number of halogens is 1. The van der Waals surface area contributed by atoms with Gasteiger partial charge in [-0.3, -0.25) is 9.69 Å². The Hall–Kier alpha value is -1.42. The van der Waals surface area contributed by atoms with E-state index in [2.05, 4.69) is 11.8 Å². The van der Waals surface area contributed by atoms with Crippen LogP contribution in [-0.2, 0) is 4.79 Å². The maximum Gasteiger partial charge on any atom is 0.308 e. The van der Waals surface area contributed by atoms with Crippen molar-refractivity contribution in [1.29, 1.82) is 0 Å². The van der Waals surface area contributed by atoms with E-state index in [1.807, 2.05) is 6.92 Å². The van der Waals surface area contributed by atoms with Crippen molar-refractivity contribution in [3.63, 3.8) is 0 Å². The van der Waals surface area contributed by atoms with Gasteiger partial charge in [0.1, 0.15) is 5.82 Å². The van der Waals surface area contributed by atoms with Gasteiger partial charge in [0.2, 0.25) is 0 Å². The molecule has 0 aromatic heterocycles. The molecule has 1 aromatic rings. The topological polar surface area (TPSA) is 40.5 Å². The lowest BCUT2D eigenvalue weighted by atomic mass is 9.99. The van der Waals surface area contributed by atoms with Gasteiger partial charge in [-0.25, -0.2) is 4.39 Å². The SMILES string of the molecule is CCC(c1ccc(F)cc1)N1CC(C)C(C(=O)O)C1. The quantitative estimate of drug-likeness (QED) is 0.910. The zero-order valence-corrected chi connectivity index (χ0v) is 11.3. The van der Waals surface area contributed by atoms with Gasteiger partial charge in [0.15, 0.2) is 0 Å². The molecule has 0 spiro atoms. The minimum atomic E-state index is -0.719. The molecule has 0 bridgehead atoms. The lowest BCUT2D eigenvalue weighted by Crippen LogP contribution is -2.27. The minimum Gasteiger partial charge on any atom is -0.481 e. The second kappa shape index (κ2) is 5.70. The Morgan fingerprint density at radius 3 is 2.53 bits per heavy atom. The van der Waals surface area contributed by atoms with E-state index < -0.39 is 5.97 Å².